The van der Waals surface area contributed by atoms with Gasteiger partial charge in [0.2, 0.25) is 5.71 Å². The van der Waals surface area contributed by atoms with Gasteiger partial charge in [0.25, 0.3) is 5.91 Å². The van der Waals surface area contributed by atoms with E-state index in [1.807, 2.05) is 0 Å². The van der Waals surface area contributed by atoms with Crippen LogP contribution in [0.1, 0.15) is 35.9 Å². The molecule has 2 N–H and O–H groups in total. The molecule has 0 saturated heterocycles. The number of nitrogens with zero attached hydrogens (tertiary/aromatic N) is 2. The first-order valence-corrected chi connectivity index (χ1v) is 7.33. The van der Waals surface area contributed by atoms with Gasteiger partial charge < -0.3 is 19.8 Å². The molecule has 22 heavy (non-hydrogen) atoms. The molecule has 0 unspecified atom stereocenters. The Hall–Kier alpha value is -2.15. The third-order valence-electron chi connectivity index (χ3n) is 3.90. The molecule has 0 radical (unpaired) electrons. The zero-order chi connectivity index (χ0) is 15.7. The van der Waals surface area contributed by atoms with Crippen molar-refractivity contribution in [1.29, 1.82) is 0 Å². The highest BCUT2D eigenvalue weighted by molar-refractivity contribution is 6.10. The molecule has 1 fully saturated rings. The van der Waals surface area contributed by atoms with Crippen LogP contribution in [0.5, 0.6) is 0 Å². The smallest absolute Gasteiger partial charge is 0.255 e. The van der Waals surface area contributed by atoms with E-state index in [9.17, 15) is 4.79 Å². The fourth-order valence-electron chi connectivity index (χ4n) is 2.37. The number of anilines is 1. The van der Waals surface area contributed by atoms with Crippen LogP contribution in [0.3, 0.4) is 0 Å². The first-order chi connectivity index (χ1) is 10.5. The summed E-state index contributed by atoms with van der Waals surface area (Å²) in [5.41, 5.74) is 0.964. The topological polar surface area (TPSA) is 89.3 Å². The fourth-order valence-corrected chi connectivity index (χ4v) is 2.37. The van der Waals surface area contributed by atoms with Gasteiger partial charge in [-0.05, 0) is 26.7 Å². The number of hydrogen-bond donors (Lipinski definition) is 2. The summed E-state index contributed by atoms with van der Waals surface area (Å²) >= 11 is 0. The summed E-state index contributed by atoms with van der Waals surface area (Å²) in [4.78, 5) is 20.9. The number of ether oxygens (including phenoxy) is 1. The van der Waals surface area contributed by atoms with Crippen LogP contribution in [-0.2, 0) is 4.74 Å². The number of fused-ring (bicyclic) bond motifs is 1. The van der Waals surface area contributed by atoms with Crippen LogP contribution in [-0.4, -0.2) is 41.7 Å². The number of rotatable bonds is 6. The quantitative estimate of drug-likeness (QED) is 0.792. The molecule has 0 atom stereocenters. The molecule has 0 bridgehead atoms. The second kappa shape index (κ2) is 5.57. The van der Waals surface area contributed by atoms with Crippen molar-refractivity contribution in [3.8, 4) is 0 Å². The molecule has 1 amide bonds. The number of carbonyl (C=O) groups is 1. The number of furan rings is 1. The summed E-state index contributed by atoms with van der Waals surface area (Å²) < 4.78 is 10.6. The van der Waals surface area contributed by atoms with Gasteiger partial charge in [-0.3, -0.25) is 4.79 Å². The lowest BCUT2D eigenvalue weighted by atomic mass is 10.1. The summed E-state index contributed by atoms with van der Waals surface area (Å²) in [6.45, 7) is 4.79. The third-order valence-corrected chi connectivity index (χ3v) is 3.90. The second-order valence-electron chi connectivity index (χ2n) is 5.87. The van der Waals surface area contributed by atoms with Gasteiger partial charge in [-0.15, -0.1) is 0 Å². The molecular formula is C15H20N4O3. The fraction of sp³-hybridized carbons (Fsp3) is 0.533. The van der Waals surface area contributed by atoms with E-state index in [1.54, 1.807) is 14.0 Å². The molecule has 1 aliphatic rings. The maximum Gasteiger partial charge on any atom is 0.255 e. The Morgan fingerprint density at radius 2 is 2.23 bits per heavy atom. The highest BCUT2D eigenvalue weighted by Gasteiger charge is 2.38. The molecule has 2 aromatic rings. The Balaban J connectivity index is 1.97. The molecule has 1 aliphatic carbocycles. The van der Waals surface area contributed by atoms with Crippen molar-refractivity contribution in [1.82, 2.24) is 15.3 Å². The van der Waals surface area contributed by atoms with Crippen molar-refractivity contribution in [2.45, 2.75) is 32.2 Å². The van der Waals surface area contributed by atoms with E-state index in [2.05, 4.69) is 27.5 Å². The van der Waals surface area contributed by atoms with Gasteiger partial charge in [0.1, 0.15) is 17.9 Å². The van der Waals surface area contributed by atoms with E-state index in [1.165, 1.54) is 6.33 Å². The lowest BCUT2D eigenvalue weighted by Gasteiger charge is -2.13. The zero-order valence-corrected chi connectivity index (χ0v) is 13.0. The Kier molecular flexibility index (Phi) is 3.74. The summed E-state index contributed by atoms with van der Waals surface area (Å²) in [5, 5.41) is 6.85. The SMILES string of the molecule is COCCNC(=O)c1c(C)oc2ncnc(NC3(C)CC3)c12. The molecule has 3 rings (SSSR count). The van der Waals surface area contributed by atoms with Crippen molar-refractivity contribution in [2.75, 3.05) is 25.6 Å². The van der Waals surface area contributed by atoms with Crippen LogP contribution in [0.4, 0.5) is 5.82 Å². The highest BCUT2D eigenvalue weighted by Crippen LogP contribution is 2.40. The molecule has 0 aliphatic heterocycles. The molecule has 2 aromatic heterocycles. The van der Waals surface area contributed by atoms with Crippen LogP contribution >= 0.6 is 0 Å². The number of methoxy groups -OCH3 is 1. The molecule has 2 heterocycles. The number of aryl methyl sites for hydroxylation is 1. The number of amides is 1. The van der Waals surface area contributed by atoms with Gasteiger partial charge in [-0.2, -0.15) is 0 Å². The van der Waals surface area contributed by atoms with E-state index < -0.39 is 0 Å². The lowest BCUT2D eigenvalue weighted by molar-refractivity contribution is 0.0937. The zero-order valence-electron chi connectivity index (χ0n) is 13.0. The van der Waals surface area contributed by atoms with Crippen LogP contribution in [0.2, 0.25) is 0 Å². The predicted molar refractivity (Wildman–Crippen MR) is 82.0 cm³/mol. The summed E-state index contributed by atoms with van der Waals surface area (Å²) in [6, 6.07) is 0. The normalized spacial score (nSPS) is 15.8. The molecule has 7 nitrogen and oxygen atoms in total. The second-order valence-corrected chi connectivity index (χ2v) is 5.87. The first kappa shape index (κ1) is 14.8. The van der Waals surface area contributed by atoms with Crippen LogP contribution in [0.25, 0.3) is 11.1 Å². The lowest BCUT2D eigenvalue weighted by Crippen LogP contribution is -2.27. The van der Waals surface area contributed by atoms with Gasteiger partial charge in [-0.1, -0.05) is 0 Å². The van der Waals surface area contributed by atoms with Crippen LogP contribution in [0.15, 0.2) is 10.7 Å². The summed E-state index contributed by atoms with van der Waals surface area (Å²) in [5.74, 6) is 0.986. The number of hydrogen-bond acceptors (Lipinski definition) is 6. The highest BCUT2D eigenvalue weighted by atomic mass is 16.5. The summed E-state index contributed by atoms with van der Waals surface area (Å²) in [7, 11) is 1.59. The molecule has 0 aromatic carbocycles. The van der Waals surface area contributed by atoms with Gasteiger partial charge in [0, 0.05) is 19.2 Å². The maximum atomic E-state index is 12.4. The van der Waals surface area contributed by atoms with Gasteiger partial charge in [-0.25, -0.2) is 9.97 Å². The predicted octanol–water partition coefficient (Wildman–Crippen LogP) is 1.87. The van der Waals surface area contributed by atoms with Gasteiger partial charge in [0.05, 0.1) is 17.6 Å². The van der Waals surface area contributed by atoms with E-state index in [-0.39, 0.29) is 11.4 Å². The van der Waals surface area contributed by atoms with Gasteiger partial charge >= 0.3 is 0 Å². The van der Waals surface area contributed by atoms with E-state index >= 15 is 0 Å². The molecule has 1 saturated carbocycles. The molecule has 7 heteroatoms. The largest absolute Gasteiger partial charge is 0.442 e. The average Bonchev–Trinajstić information content (AvgIpc) is 3.08. The summed E-state index contributed by atoms with van der Waals surface area (Å²) in [6.07, 6.45) is 3.63. The van der Waals surface area contributed by atoms with Crippen molar-refractivity contribution < 1.29 is 13.9 Å². The number of nitrogens with one attached hydrogen (secondary N) is 2. The minimum Gasteiger partial charge on any atom is -0.442 e. The Morgan fingerprint density at radius 1 is 1.45 bits per heavy atom. The molecule has 0 spiro atoms. The number of aromatic nitrogens is 2. The maximum absolute atomic E-state index is 12.4. The standard InChI is InChI=1S/C15H20N4O3/c1-9-10(13(20)16-6-7-21-3)11-12(19-15(2)4-5-15)17-8-18-14(11)22-9/h8H,4-7H2,1-3H3,(H,16,20)(H,17,18,19). The van der Waals surface area contributed by atoms with Crippen molar-refractivity contribution in [3.05, 3.63) is 17.7 Å². The first-order valence-electron chi connectivity index (χ1n) is 7.33. The van der Waals surface area contributed by atoms with E-state index in [0.29, 0.717) is 41.4 Å². The Bertz CT molecular complexity index is 706. The van der Waals surface area contributed by atoms with Crippen LogP contribution < -0.4 is 10.6 Å². The molecule has 118 valence electrons. The number of carbonyl (C=O) groups excluding carboxylic acids is 1. The van der Waals surface area contributed by atoms with Gasteiger partial charge in [0.15, 0.2) is 0 Å². The van der Waals surface area contributed by atoms with Crippen molar-refractivity contribution >= 4 is 22.8 Å². The monoisotopic (exact) mass is 304 g/mol. The minimum absolute atomic E-state index is 0.0518. The minimum atomic E-state index is -0.202. The van der Waals surface area contributed by atoms with Crippen molar-refractivity contribution in [3.63, 3.8) is 0 Å². The molecular weight excluding hydrogens is 284 g/mol. The Labute approximate surface area is 128 Å². The average molecular weight is 304 g/mol. The third kappa shape index (κ3) is 2.76. The van der Waals surface area contributed by atoms with Crippen molar-refractivity contribution in [2.24, 2.45) is 0 Å². The van der Waals surface area contributed by atoms with E-state index in [0.717, 1.165) is 12.8 Å². The van der Waals surface area contributed by atoms with E-state index in [4.69, 9.17) is 9.15 Å². The Morgan fingerprint density at radius 3 is 2.91 bits per heavy atom. The van der Waals surface area contributed by atoms with Crippen LogP contribution in [0, 0.1) is 6.92 Å².